The van der Waals surface area contributed by atoms with Crippen molar-refractivity contribution in [1.82, 2.24) is 0 Å². The van der Waals surface area contributed by atoms with Gasteiger partial charge in [-0.15, -0.1) is 0 Å². The molecule has 3 heteroatoms. The number of carbonyl (C=O) groups excluding carboxylic acids is 1. The minimum atomic E-state index is -0.493. The van der Waals surface area contributed by atoms with E-state index in [1.807, 2.05) is 13.0 Å². The second-order valence-corrected chi connectivity index (χ2v) is 2.56. The maximum Gasteiger partial charge on any atom is 0.373 e. The summed E-state index contributed by atoms with van der Waals surface area (Å²) in [6, 6.07) is 7.09. The molecule has 13 heavy (non-hydrogen) atoms. The molecule has 1 radical (unpaired) electrons. The van der Waals surface area contributed by atoms with Crippen molar-refractivity contribution in [3.8, 4) is 0 Å². The Morgan fingerprint density at radius 3 is 2.92 bits per heavy atom. The largest absolute Gasteiger partial charge is 0.373 e. The minimum Gasteiger partial charge on any atom is -0.293 e. The third-order valence-corrected chi connectivity index (χ3v) is 1.47. The molecule has 0 heterocycles. The van der Waals surface area contributed by atoms with Crippen LogP contribution in [0.1, 0.15) is 15.9 Å². The van der Waals surface area contributed by atoms with Gasteiger partial charge in [0.05, 0.1) is 12.2 Å². The second kappa shape index (κ2) is 4.62. The number of aryl methyl sites for hydroxylation is 1. The fourth-order valence-electron chi connectivity index (χ4n) is 0.915. The number of rotatable bonds is 3. The highest BCUT2D eigenvalue weighted by molar-refractivity contribution is 5.89. The summed E-state index contributed by atoms with van der Waals surface area (Å²) in [5.41, 5.74) is 1.48. The van der Waals surface area contributed by atoms with Crippen LogP contribution in [0.15, 0.2) is 24.3 Å². The smallest absolute Gasteiger partial charge is 0.293 e. The van der Waals surface area contributed by atoms with Gasteiger partial charge in [0.2, 0.25) is 0 Å². The van der Waals surface area contributed by atoms with E-state index in [0.29, 0.717) is 5.56 Å². The van der Waals surface area contributed by atoms with Crippen LogP contribution in [-0.4, -0.2) is 12.6 Å². The predicted octanol–water partition coefficient (Wildman–Crippen LogP) is 1.92. The lowest BCUT2D eigenvalue weighted by molar-refractivity contribution is -0.232. The summed E-state index contributed by atoms with van der Waals surface area (Å²) >= 11 is 0. The maximum absolute atomic E-state index is 11.2. The van der Waals surface area contributed by atoms with E-state index in [4.69, 9.17) is 0 Å². The highest BCUT2D eigenvalue weighted by Crippen LogP contribution is 2.05. The molecule has 0 aliphatic rings. The fraction of sp³-hybridized carbons (Fsp3) is 0.200. The molecule has 0 saturated carbocycles. The molecule has 0 amide bonds. The lowest BCUT2D eigenvalue weighted by atomic mass is 10.1. The summed E-state index contributed by atoms with van der Waals surface area (Å²) in [6.45, 7) is 5.38. The summed E-state index contributed by atoms with van der Waals surface area (Å²) in [6.07, 6.45) is 0. The molecule has 0 atom stereocenters. The number of benzene rings is 1. The molecule has 0 bridgehead atoms. The minimum absolute atomic E-state index is 0.109. The summed E-state index contributed by atoms with van der Waals surface area (Å²) in [5, 5.41) is 0. The van der Waals surface area contributed by atoms with E-state index < -0.39 is 5.97 Å². The summed E-state index contributed by atoms with van der Waals surface area (Å²) in [5.74, 6) is -0.493. The molecule has 0 aromatic heterocycles. The van der Waals surface area contributed by atoms with Gasteiger partial charge in [-0.1, -0.05) is 17.7 Å². The molecule has 0 N–H and O–H groups in total. The van der Waals surface area contributed by atoms with Gasteiger partial charge in [0.15, 0.2) is 0 Å². The highest BCUT2D eigenvalue weighted by atomic mass is 17.2. The average Bonchev–Trinajstić information content (AvgIpc) is 2.14. The summed E-state index contributed by atoms with van der Waals surface area (Å²) in [7, 11) is 0. The van der Waals surface area contributed by atoms with Crippen molar-refractivity contribution in [2.24, 2.45) is 0 Å². The summed E-state index contributed by atoms with van der Waals surface area (Å²) < 4.78 is 0. The molecule has 69 valence electrons. The molecular formula is C10H11O3. The topological polar surface area (TPSA) is 35.5 Å². The summed E-state index contributed by atoms with van der Waals surface area (Å²) in [4.78, 5) is 20.0. The van der Waals surface area contributed by atoms with Gasteiger partial charge in [0.1, 0.15) is 0 Å². The van der Waals surface area contributed by atoms with E-state index in [1.54, 1.807) is 18.2 Å². The molecule has 0 spiro atoms. The fourth-order valence-corrected chi connectivity index (χ4v) is 0.915. The quantitative estimate of drug-likeness (QED) is 0.525. The van der Waals surface area contributed by atoms with Crippen LogP contribution in [0, 0.1) is 13.8 Å². The first-order valence-corrected chi connectivity index (χ1v) is 3.93. The van der Waals surface area contributed by atoms with Crippen LogP contribution < -0.4 is 0 Å². The molecule has 0 fully saturated rings. The Kier molecular flexibility index (Phi) is 3.46. The second-order valence-electron chi connectivity index (χ2n) is 2.56. The number of carbonyl (C=O) groups is 1. The van der Waals surface area contributed by atoms with Crippen LogP contribution in [0.25, 0.3) is 0 Å². The standard InChI is InChI=1S/C10H11O3/c1-3-12-13-10(11)9-6-4-5-8(2)7-9/h4-7H,1,3H2,2H3. The first-order valence-electron chi connectivity index (χ1n) is 3.93. The van der Waals surface area contributed by atoms with E-state index in [1.165, 1.54) is 0 Å². The molecule has 3 nitrogen and oxygen atoms in total. The molecular weight excluding hydrogens is 168 g/mol. The van der Waals surface area contributed by atoms with Gasteiger partial charge in [0.25, 0.3) is 0 Å². The van der Waals surface area contributed by atoms with Crippen LogP contribution in [-0.2, 0) is 9.78 Å². The van der Waals surface area contributed by atoms with Gasteiger partial charge >= 0.3 is 5.97 Å². The Bertz CT molecular complexity index is 294. The van der Waals surface area contributed by atoms with E-state index in [0.717, 1.165) is 5.56 Å². The van der Waals surface area contributed by atoms with Crippen molar-refractivity contribution < 1.29 is 14.6 Å². The van der Waals surface area contributed by atoms with Crippen LogP contribution >= 0.6 is 0 Å². The lowest BCUT2D eigenvalue weighted by Gasteiger charge is -2.01. The Morgan fingerprint density at radius 2 is 2.31 bits per heavy atom. The molecule has 1 aromatic rings. The predicted molar refractivity (Wildman–Crippen MR) is 47.9 cm³/mol. The van der Waals surface area contributed by atoms with Crippen molar-refractivity contribution in [2.45, 2.75) is 6.92 Å². The van der Waals surface area contributed by atoms with Crippen molar-refractivity contribution in [1.29, 1.82) is 0 Å². The number of hydrogen-bond donors (Lipinski definition) is 0. The van der Waals surface area contributed by atoms with Gasteiger partial charge in [-0.05, 0) is 26.0 Å². The molecule has 0 saturated heterocycles. The molecule has 1 aromatic carbocycles. The monoisotopic (exact) mass is 179 g/mol. The Balaban J connectivity index is 2.66. The van der Waals surface area contributed by atoms with Gasteiger partial charge < -0.3 is 0 Å². The first kappa shape index (κ1) is 9.74. The SMILES string of the molecule is [CH2]COOC(=O)c1cccc(C)c1. The van der Waals surface area contributed by atoms with Gasteiger partial charge in [-0.25, -0.2) is 4.79 Å². The van der Waals surface area contributed by atoms with Crippen LogP contribution in [0.4, 0.5) is 0 Å². The van der Waals surface area contributed by atoms with E-state index in [9.17, 15) is 4.79 Å². The van der Waals surface area contributed by atoms with Crippen LogP contribution in [0.3, 0.4) is 0 Å². The first-order chi connectivity index (χ1) is 6.24. The van der Waals surface area contributed by atoms with E-state index in [2.05, 4.69) is 16.7 Å². The molecule has 1 rings (SSSR count). The molecule has 0 aliphatic heterocycles. The van der Waals surface area contributed by atoms with Crippen LogP contribution in [0.5, 0.6) is 0 Å². The van der Waals surface area contributed by atoms with Gasteiger partial charge in [-0.3, -0.25) is 4.89 Å². The zero-order valence-corrected chi connectivity index (χ0v) is 7.45. The highest BCUT2D eigenvalue weighted by Gasteiger charge is 2.06. The zero-order valence-electron chi connectivity index (χ0n) is 7.45. The molecule has 0 unspecified atom stereocenters. The van der Waals surface area contributed by atoms with Crippen molar-refractivity contribution in [3.05, 3.63) is 42.3 Å². The van der Waals surface area contributed by atoms with Crippen molar-refractivity contribution >= 4 is 5.97 Å². The van der Waals surface area contributed by atoms with Crippen molar-refractivity contribution in [2.75, 3.05) is 6.61 Å². The normalized spacial score (nSPS) is 9.69. The Hall–Kier alpha value is -1.35. The third kappa shape index (κ3) is 2.87. The van der Waals surface area contributed by atoms with Gasteiger partial charge in [-0.2, -0.15) is 4.89 Å². The Labute approximate surface area is 77.2 Å². The maximum atomic E-state index is 11.2. The third-order valence-electron chi connectivity index (χ3n) is 1.47. The van der Waals surface area contributed by atoms with E-state index >= 15 is 0 Å². The zero-order chi connectivity index (χ0) is 9.68. The molecule has 0 aliphatic carbocycles. The lowest BCUT2D eigenvalue weighted by Crippen LogP contribution is -2.05. The van der Waals surface area contributed by atoms with Crippen LogP contribution in [0.2, 0.25) is 0 Å². The van der Waals surface area contributed by atoms with Gasteiger partial charge in [0, 0.05) is 0 Å². The average molecular weight is 179 g/mol. The number of hydrogen-bond acceptors (Lipinski definition) is 3. The van der Waals surface area contributed by atoms with Crippen molar-refractivity contribution in [3.63, 3.8) is 0 Å². The Morgan fingerprint density at radius 1 is 1.54 bits per heavy atom. The van der Waals surface area contributed by atoms with E-state index in [-0.39, 0.29) is 6.61 Å².